The van der Waals surface area contributed by atoms with Crippen molar-refractivity contribution in [3.05, 3.63) is 36.0 Å². The Morgan fingerprint density at radius 3 is 1.15 bits per heavy atom. The number of aromatic amines is 1. The number of amides is 15. The zero-order valence-corrected chi connectivity index (χ0v) is 66.6. The van der Waals surface area contributed by atoms with Crippen molar-refractivity contribution in [2.45, 2.75) is 217 Å². The summed E-state index contributed by atoms with van der Waals surface area (Å²) in [6, 6.07) is -14.7. The number of rotatable bonds is 53. The van der Waals surface area contributed by atoms with Crippen LogP contribution in [0.1, 0.15) is 138 Å². The SMILES string of the molecule is CC[C@H](C)[C@H](NC(=O)CNC(=O)[C@H](CCC(=O)O)NC(=O)[C@H](Cc1c[nH]c2ccccc12)NC(=O)[C@H](CCC(=O)O)NC(=O)[C@@H](NC(=O)[C@H](C)N)[C@@H](C)CC)C(=O)N[C@@H](CCC(=O)O)C(=O)N[C@@H](CO)C(=O)NCC(=O)N[C@@H](CO)C(=O)N[C@H](C(=O)N[C@@H](CCC(=O)O)C(=O)N[C@@H](CCC(N)=O)C(=O)N[C@@H](C)C(=O)[O-])C(C)C.[Na+]. The van der Waals surface area contributed by atoms with Gasteiger partial charge in [-0.1, -0.05) is 72.6 Å². The molecule has 0 unspecified atom stereocenters. The van der Waals surface area contributed by atoms with Crippen LogP contribution in [-0.4, -0.2) is 259 Å². The van der Waals surface area contributed by atoms with Crippen LogP contribution in [0, 0.1) is 17.8 Å². The largest absolute Gasteiger partial charge is 1.00 e. The van der Waals surface area contributed by atoms with Crippen molar-refractivity contribution < 1.29 is 161 Å². The van der Waals surface area contributed by atoms with E-state index in [-0.39, 0.29) is 42.4 Å². The van der Waals surface area contributed by atoms with Gasteiger partial charge in [0, 0.05) is 55.6 Å². The summed E-state index contributed by atoms with van der Waals surface area (Å²) in [5, 5.41) is 102. The van der Waals surface area contributed by atoms with Gasteiger partial charge in [0.1, 0.15) is 66.5 Å². The summed E-state index contributed by atoms with van der Waals surface area (Å²) in [5.74, 6) is -26.5. The Labute approximate surface area is 675 Å². The van der Waals surface area contributed by atoms with Crippen LogP contribution in [0.3, 0.4) is 0 Å². The summed E-state index contributed by atoms with van der Waals surface area (Å²) < 4.78 is 0. The Hall–Kier alpha value is -11.0. The van der Waals surface area contributed by atoms with Crippen LogP contribution >= 0.6 is 0 Å². The molecule has 2 aromatic rings. The van der Waals surface area contributed by atoms with Crippen molar-refractivity contribution in [2.24, 2.45) is 29.2 Å². The Morgan fingerprint density at radius 1 is 0.412 bits per heavy atom. The van der Waals surface area contributed by atoms with Gasteiger partial charge in [0.15, 0.2) is 0 Å². The van der Waals surface area contributed by atoms with Crippen LogP contribution < -0.4 is 121 Å². The molecule has 1 aromatic carbocycles. The summed E-state index contributed by atoms with van der Waals surface area (Å²) >= 11 is 0. The van der Waals surface area contributed by atoms with Gasteiger partial charge in [-0.15, -0.1) is 0 Å². The van der Waals surface area contributed by atoms with Gasteiger partial charge in [0.25, 0.3) is 0 Å². The molecule has 0 aliphatic rings. The summed E-state index contributed by atoms with van der Waals surface area (Å²) in [5.41, 5.74) is 11.9. The number of nitrogens with one attached hydrogen (secondary N) is 15. The van der Waals surface area contributed by atoms with Crippen molar-refractivity contribution in [3.8, 4) is 0 Å². The Balaban J connectivity index is 0.0000650. The molecule has 45 heteroatoms. The predicted molar refractivity (Wildman–Crippen MR) is 389 cm³/mol. The number of H-pyrrole nitrogens is 1. The molecule has 0 aliphatic heterocycles. The zero-order chi connectivity index (χ0) is 85.7. The molecule has 0 aliphatic carbocycles. The first-order valence-corrected chi connectivity index (χ1v) is 36.1. The van der Waals surface area contributed by atoms with Gasteiger partial charge >= 0.3 is 53.4 Å². The van der Waals surface area contributed by atoms with Crippen molar-refractivity contribution in [1.29, 1.82) is 0 Å². The number of aliphatic hydroxyl groups excluding tert-OH is 2. The molecule has 628 valence electrons. The number of primary amides is 1. The maximum Gasteiger partial charge on any atom is 1.00 e. The number of carboxylic acids is 5. The van der Waals surface area contributed by atoms with E-state index >= 15 is 0 Å². The van der Waals surface area contributed by atoms with Gasteiger partial charge < -0.3 is 131 Å². The average molecular weight is 1630 g/mol. The number of aliphatic carboxylic acids is 5. The van der Waals surface area contributed by atoms with E-state index in [1.54, 1.807) is 45.0 Å². The van der Waals surface area contributed by atoms with Crippen LogP contribution in [-0.2, 0) is 102 Å². The number of carboxylic acid groups (broad SMARTS) is 5. The molecule has 0 spiro atoms. The molecular weight excluding hydrogens is 1520 g/mol. The van der Waals surface area contributed by atoms with Crippen LogP contribution in [0.4, 0.5) is 0 Å². The van der Waals surface area contributed by atoms with Gasteiger partial charge in [-0.2, -0.15) is 0 Å². The molecule has 2 rings (SSSR count). The number of hydrogen-bond acceptors (Lipinski definition) is 24. The zero-order valence-electron chi connectivity index (χ0n) is 64.6. The third-order valence-corrected chi connectivity index (χ3v) is 17.6. The number of nitrogens with two attached hydrogens (primary N) is 2. The quantitative estimate of drug-likeness (QED) is 0.0274. The topological polar surface area (TPSA) is 722 Å². The van der Waals surface area contributed by atoms with Crippen LogP contribution in [0.25, 0.3) is 10.9 Å². The fraction of sp³-hybridized carbons (Fsp3) is 0.594. The molecule has 114 heavy (non-hydrogen) atoms. The van der Waals surface area contributed by atoms with Crippen molar-refractivity contribution in [2.75, 3.05) is 26.3 Å². The predicted octanol–water partition coefficient (Wildman–Crippen LogP) is -11.7. The number of fused-ring (bicyclic) bond motifs is 1. The van der Waals surface area contributed by atoms with Gasteiger partial charge in [0.05, 0.1) is 44.4 Å². The summed E-state index contributed by atoms with van der Waals surface area (Å²) in [7, 11) is 0. The Bertz CT molecular complexity index is 3750. The molecular formula is C69H104N17NaO27. The smallest absolute Gasteiger partial charge is 0.548 e. The molecule has 1 aromatic heterocycles. The van der Waals surface area contributed by atoms with E-state index in [1.165, 1.54) is 33.9 Å². The minimum absolute atomic E-state index is 0. The second kappa shape index (κ2) is 50.9. The molecule has 0 fully saturated rings. The van der Waals surface area contributed by atoms with E-state index < -0.39 is 305 Å². The molecule has 0 saturated carbocycles. The van der Waals surface area contributed by atoms with E-state index in [2.05, 4.69) is 74.1 Å². The van der Waals surface area contributed by atoms with Crippen molar-refractivity contribution in [3.63, 3.8) is 0 Å². The van der Waals surface area contributed by atoms with Gasteiger partial charge in [-0.05, 0) is 75.3 Å². The maximum absolute atomic E-state index is 14.5. The standard InChI is InChI=1S/C69H105N17O27.Na/c1-9-32(5)55(84-49(91)28-73-58(101)39(16-21-50(92)93)77-64(107)44(25-36-26-72-38-14-12-11-13-37(36)38)82-62(105)42(18-23-52(96)97)81-68(111)56(33(6)10-2)86-57(100)34(7)70)67(110)80-43(19-24-53(98)99)63(106)83-45(29-87)59(102)74-27-48(90)76-46(30-88)65(108)85-54(31(3)4)66(109)79-41(17-22-51(94)95)61(104)78-40(15-20-47(71)89)60(103)75-35(8)69(112)113;/h11-14,26,31-35,39-46,54-56,72,87-88H,9-10,15-25,27-30,70H2,1-8H3,(H2,71,89)(H,73,101)(H,74,102)(H,75,103)(H,76,90)(H,77,107)(H,78,104)(H,79,109)(H,80,110)(H,81,111)(H,82,105)(H,83,106)(H,84,91)(H,85,108)(H,86,100)(H,92,93)(H,94,95)(H,96,97)(H,98,99)(H,112,113);/q;+1/p-1/t32-,33-,34-,35-,39-,40-,41-,42-,43-,44-,45-,46-,54-,55-,56-;/m0./s1. The molecule has 25 N–H and O–H groups in total. The van der Waals surface area contributed by atoms with Gasteiger partial charge in [-0.3, -0.25) is 91.1 Å². The van der Waals surface area contributed by atoms with E-state index in [1.807, 2.05) is 5.32 Å². The first-order chi connectivity index (χ1) is 53.0. The van der Waals surface area contributed by atoms with Gasteiger partial charge in [-0.25, -0.2) is 0 Å². The second-order valence-corrected chi connectivity index (χ2v) is 27.0. The van der Waals surface area contributed by atoms with E-state index in [0.717, 1.165) is 6.92 Å². The number of carbonyl (C=O) groups is 20. The first-order valence-electron chi connectivity index (χ1n) is 36.1. The minimum Gasteiger partial charge on any atom is -0.548 e. The number of aromatic nitrogens is 1. The average Bonchev–Trinajstić information content (AvgIpc) is 1.63. The third-order valence-electron chi connectivity index (χ3n) is 17.6. The summed E-state index contributed by atoms with van der Waals surface area (Å²) in [6.07, 6.45) is -4.90. The Morgan fingerprint density at radius 2 is 0.746 bits per heavy atom. The van der Waals surface area contributed by atoms with E-state index in [0.29, 0.717) is 22.9 Å². The molecule has 1 heterocycles. The summed E-state index contributed by atoms with van der Waals surface area (Å²) in [6.45, 7) is 7.16. The molecule has 44 nitrogen and oxygen atoms in total. The van der Waals surface area contributed by atoms with Crippen LogP contribution in [0.2, 0.25) is 0 Å². The fourth-order valence-electron chi connectivity index (χ4n) is 10.6. The minimum atomic E-state index is -1.97. The number of benzene rings is 1. The van der Waals surface area contributed by atoms with Crippen molar-refractivity contribution >= 4 is 129 Å². The first kappa shape index (κ1) is 101. The number of para-hydroxylation sites is 1. The molecule has 0 radical (unpaired) electrons. The molecule has 0 bridgehead atoms. The molecule has 15 amide bonds. The summed E-state index contributed by atoms with van der Waals surface area (Å²) in [4.78, 5) is 264. The molecule has 15 atom stereocenters. The second-order valence-electron chi connectivity index (χ2n) is 27.0. The van der Waals surface area contributed by atoms with E-state index in [4.69, 9.17) is 11.5 Å². The van der Waals surface area contributed by atoms with Crippen LogP contribution in [0.15, 0.2) is 30.5 Å². The van der Waals surface area contributed by atoms with E-state index in [9.17, 15) is 132 Å². The normalized spacial score (nSPS) is 14.9. The fourth-order valence-corrected chi connectivity index (χ4v) is 10.6. The number of hydrogen-bond donors (Lipinski definition) is 23. The molecule has 0 saturated heterocycles. The number of carbonyl (C=O) groups excluding carboxylic acids is 16. The monoisotopic (exact) mass is 1630 g/mol. The number of aliphatic hydroxyl groups is 2. The van der Waals surface area contributed by atoms with Crippen molar-refractivity contribution in [1.82, 2.24) is 79.4 Å². The maximum atomic E-state index is 14.5. The van der Waals surface area contributed by atoms with Gasteiger partial charge in [0.2, 0.25) is 88.6 Å². The Kier molecular flexibility index (Phi) is 45.1. The third kappa shape index (κ3) is 35.8. The van der Waals surface area contributed by atoms with Crippen LogP contribution in [0.5, 0.6) is 0 Å².